The number of furan rings is 1. The van der Waals surface area contributed by atoms with Crippen molar-refractivity contribution >= 4 is 65.4 Å². The van der Waals surface area contributed by atoms with Gasteiger partial charge in [0.15, 0.2) is 0 Å². The van der Waals surface area contributed by atoms with Gasteiger partial charge in [0.2, 0.25) is 0 Å². The summed E-state index contributed by atoms with van der Waals surface area (Å²) in [5, 5.41) is 2.83. The summed E-state index contributed by atoms with van der Waals surface area (Å²) in [6.07, 6.45) is 0. The molecule has 0 atom stereocenters. The minimum atomic E-state index is 0.682. The third-order valence-corrected chi connectivity index (χ3v) is 3.74. The number of rotatable bonds is 0. The normalized spacial score (nSPS) is 11.4. The Labute approximate surface area is 114 Å². The van der Waals surface area contributed by atoms with Gasteiger partial charge in [-0.05, 0) is 40.2 Å². The predicted octanol–water partition coefficient (Wildman–Crippen LogP) is 5.76. The van der Waals surface area contributed by atoms with Crippen molar-refractivity contribution < 1.29 is 4.42 Å². The zero-order chi connectivity index (χ0) is 11.3. The van der Waals surface area contributed by atoms with Crippen LogP contribution in [0.2, 0.25) is 5.02 Å². The third-order valence-electron chi connectivity index (χ3n) is 2.45. The quantitative estimate of drug-likeness (QED) is 0.496. The van der Waals surface area contributed by atoms with Crippen LogP contribution in [0.1, 0.15) is 0 Å². The highest BCUT2D eigenvalue weighted by molar-refractivity contribution is 9.11. The van der Waals surface area contributed by atoms with Crippen molar-refractivity contribution in [2.75, 3.05) is 0 Å². The van der Waals surface area contributed by atoms with Crippen LogP contribution in [0, 0.1) is 0 Å². The standard InChI is InChI=1S/C12H5Br2ClO/c13-6-3-9-8-2-1-7(15)5-11(8)16-12(9)10(14)4-6/h1-5H. The highest BCUT2D eigenvalue weighted by Crippen LogP contribution is 2.36. The molecule has 0 aliphatic carbocycles. The van der Waals surface area contributed by atoms with Crippen molar-refractivity contribution in [3.8, 4) is 0 Å². The molecule has 1 heterocycles. The number of hydrogen-bond donors (Lipinski definition) is 0. The van der Waals surface area contributed by atoms with E-state index in [1.165, 1.54) is 0 Å². The van der Waals surface area contributed by atoms with Crippen molar-refractivity contribution in [3.63, 3.8) is 0 Å². The van der Waals surface area contributed by atoms with Gasteiger partial charge < -0.3 is 4.42 Å². The van der Waals surface area contributed by atoms with Crippen LogP contribution in [0.25, 0.3) is 21.9 Å². The minimum Gasteiger partial charge on any atom is -0.455 e. The molecule has 0 fully saturated rings. The molecule has 1 aromatic heterocycles. The number of hydrogen-bond acceptors (Lipinski definition) is 1. The number of halogens is 3. The molecule has 3 aromatic rings. The molecule has 2 aromatic carbocycles. The maximum absolute atomic E-state index is 5.94. The molecule has 0 spiro atoms. The highest BCUT2D eigenvalue weighted by atomic mass is 79.9. The molecule has 0 saturated carbocycles. The Bertz CT molecular complexity index is 703. The fourth-order valence-electron chi connectivity index (χ4n) is 1.78. The largest absolute Gasteiger partial charge is 0.455 e. The predicted molar refractivity (Wildman–Crippen MR) is 74.1 cm³/mol. The van der Waals surface area contributed by atoms with Crippen molar-refractivity contribution in [3.05, 3.63) is 44.3 Å². The van der Waals surface area contributed by atoms with Gasteiger partial charge in [-0.15, -0.1) is 0 Å². The van der Waals surface area contributed by atoms with Crippen molar-refractivity contribution in [2.24, 2.45) is 0 Å². The van der Waals surface area contributed by atoms with E-state index in [2.05, 4.69) is 31.9 Å². The molecular weight excluding hydrogens is 355 g/mol. The van der Waals surface area contributed by atoms with Crippen LogP contribution in [0.3, 0.4) is 0 Å². The van der Waals surface area contributed by atoms with Gasteiger partial charge in [0.1, 0.15) is 11.2 Å². The average molecular weight is 360 g/mol. The maximum atomic E-state index is 5.94. The van der Waals surface area contributed by atoms with E-state index in [1.807, 2.05) is 30.3 Å². The van der Waals surface area contributed by atoms with Crippen LogP contribution in [0.4, 0.5) is 0 Å². The molecule has 0 saturated heterocycles. The maximum Gasteiger partial charge on any atom is 0.149 e. The van der Waals surface area contributed by atoms with Crippen LogP contribution in [-0.4, -0.2) is 0 Å². The molecule has 4 heteroatoms. The fourth-order valence-corrected chi connectivity index (χ4v) is 3.25. The van der Waals surface area contributed by atoms with Gasteiger partial charge in [-0.3, -0.25) is 0 Å². The Morgan fingerprint density at radius 1 is 1.00 bits per heavy atom. The summed E-state index contributed by atoms with van der Waals surface area (Å²) in [5.74, 6) is 0. The minimum absolute atomic E-state index is 0.682. The van der Waals surface area contributed by atoms with E-state index in [9.17, 15) is 0 Å². The Morgan fingerprint density at radius 2 is 1.81 bits per heavy atom. The van der Waals surface area contributed by atoms with Crippen LogP contribution in [0.5, 0.6) is 0 Å². The van der Waals surface area contributed by atoms with Gasteiger partial charge in [-0.2, -0.15) is 0 Å². The van der Waals surface area contributed by atoms with Crippen LogP contribution < -0.4 is 0 Å². The SMILES string of the molecule is Clc1ccc2c(c1)oc1c(Br)cc(Br)cc12. The summed E-state index contributed by atoms with van der Waals surface area (Å²) in [7, 11) is 0. The average Bonchev–Trinajstić information content (AvgIpc) is 2.56. The molecule has 0 aliphatic heterocycles. The van der Waals surface area contributed by atoms with Crippen LogP contribution in [-0.2, 0) is 0 Å². The van der Waals surface area contributed by atoms with Crippen LogP contribution >= 0.6 is 43.5 Å². The van der Waals surface area contributed by atoms with E-state index in [-0.39, 0.29) is 0 Å². The molecule has 1 nitrogen and oxygen atoms in total. The zero-order valence-corrected chi connectivity index (χ0v) is 11.9. The molecule has 0 unspecified atom stereocenters. The Balaban J connectivity index is 2.55. The molecule has 0 aliphatic rings. The molecule has 16 heavy (non-hydrogen) atoms. The molecular formula is C12H5Br2ClO. The van der Waals surface area contributed by atoms with Gasteiger partial charge in [-0.25, -0.2) is 0 Å². The van der Waals surface area contributed by atoms with Gasteiger partial charge in [0.05, 0.1) is 4.47 Å². The van der Waals surface area contributed by atoms with E-state index in [0.29, 0.717) is 5.02 Å². The second kappa shape index (κ2) is 3.76. The second-order valence-corrected chi connectivity index (χ2v) is 5.71. The van der Waals surface area contributed by atoms with Gasteiger partial charge in [-0.1, -0.05) is 27.5 Å². The topological polar surface area (TPSA) is 13.1 Å². The summed E-state index contributed by atoms with van der Waals surface area (Å²) >= 11 is 12.9. The van der Waals surface area contributed by atoms with Crippen molar-refractivity contribution in [2.45, 2.75) is 0 Å². The summed E-state index contributed by atoms with van der Waals surface area (Å²) in [6.45, 7) is 0. The molecule has 3 rings (SSSR count). The van der Waals surface area contributed by atoms with E-state index < -0.39 is 0 Å². The van der Waals surface area contributed by atoms with E-state index in [4.69, 9.17) is 16.0 Å². The lowest BCUT2D eigenvalue weighted by atomic mass is 10.1. The lowest BCUT2D eigenvalue weighted by molar-refractivity contribution is 0.667. The van der Waals surface area contributed by atoms with Gasteiger partial charge in [0.25, 0.3) is 0 Å². The first kappa shape index (κ1) is 10.6. The Morgan fingerprint density at radius 3 is 2.62 bits per heavy atom. The van der Waals surface area contributed by atoms with E-state index in [0.717, 1.165) is 30.9 Å². The summed E-state index contributed by atoms with van der Waals surface area (Å²) in [5.41, 5.74) is 1.65. The summed E-state index contributed by atoms with van der Waals surface area (Å²) in [4.78, 5) is 0. The lowest BCUT2D eigenvalue weighted by Crippen LogP contribution is -1.70. The van der Waals surface area contributed by atoms with Gasteiger partial charge >= 0.3 is 0 Å². The highest BCUT2D eigenvalue weighted by Gasteiger charge is 2.10. The summed E-state index contributed by atoms with van der Waals surface area (Å²) in [6, 6.07) is 9.68. The van der Waals surface area contributed by atoms with Crippen LogP contribution in [0.15, 0.2) is 43.7 Å². The monoisotopic (exact) mass is 358 g/mol. The van der Waals surface area contributed by atoms with Crippen molar-refractivity contribution in [1.29, 1.82) is 0 Å². The Hall–Kier alpha value is -0.510. The first-order valence-electron chi connectivity index (χ1n) is 4.62. The zero-order valence-electron chi connectivity index (χ0n) is 7.93. The molecule has 0 bridgehead atoms. The first-order chi connectivity index (χ1) is 7.65. The smallest absolute Gasteiger partial charge is 0.149 e. The van der Waals surface area contributed by atoms with Gasteiger partial charge in [0, 0.05) is 26.3 Å². The first-order valence-corrected chi connectivity index (χ1v) is 6.58. The third kappa shape index (κ3) is 1.58. The molecule has 80 valence electrons. The number of fused-ring (bicyclic) bond motifs is 3. The lowest BCUT2D eigenvalue weighted by Gasteiger charge is -1.94. The summed E-state index contributed by atoms with van der Waals surface area (Å²) < 4.78 is 7.72. The van der Waals surface area contributed by atoms with E-state index >= 15 is 0 Å². The molecule has 0 amide bonds. The molecule has 0 radical (unpaired) electrons. The second-order valence-electron chi connectivity index (χ2n) is 3.51. The fraction of sp³-hybridized carbons (Fsp3) is 0. The number of benzene rings is 2. The Kier molecular flexibility index (Phi) is 2.50. The molecule has 0 N–H and O–H groups in total. The van der Waals surface area contributed by atoms with E-state index in [1.54, 1.807) is 0 Å². The van der Waals surface area contributed by atoms with Crippen molar-refractivity contribution in [1.82, 2.24) is 0 Å².